The molecule has 1 aromatic carbocycles. The van der Waals surface area contributed by atoms with Crippen LogP contribution in [-0.4, -0.2) is 9.55 Å². The van der Waals surface area contributed by atoms with Crippen molar-refractivity contribution in [2.75, 3.05) is 0 Å². The van der Waals surface area contributed by atoms with Crippen molar-refractivity contribution in [1.82, 2.24) is 9.55 Å². The molecular formula is C9H11N3. The maximum absolute atomic E-state index is 5.75. The molecule has 3 heteroatoms. The highest BCUT2D eigenvalue weighted by Gasteiger charge is 2.02. The molecule has 0 aliphatic heterocycles. The summed E-state index contributed by atoms with van der Waals surface area (Å²) in [5.74, 6) is 0. The lowest BCUT2D eigenvalue weighted by molar-refractivity contribution is 0.588. The predicted molar refractivity (Wildman–Crippen MR) is 48.6 cm³/mol. The second-order valence-electron chi connectivity index (χ2n) is 2.88. The first-order valence-corrected chi connectivity index (χ1v) is 3.96. The molecule has 0 saturated carbocycles. The Morgan fingerprint density at radius 1 is 1.42 bits per heavy atom. The standard InChI is InChI=1S/C9H11N3/c1-7(10)12-6-11-8-4-2-3-5-9(8)12/h2-7H,10H2,1H3. The van der Waals surface area contributed by atoms with Crippen LogP contribution in [0.15, 0.2) is 30.6 Å². The number of fused-ring (bicyclic) bond motifs is 1. The van der Waals surface area contributed by atoms with Crippen molar-refractivity contribution in [3.63, 3.8) is 0 Å². The fourth-order valence-electron chi connectivity index (χ4n) is 1.30. The largest absolute Gasteiger partial charge is 0.315 e. The third-order valence-electron chi connectivity index (χ3n) is 1.92. The SMILES string of the molecule is CC(N)n1cnc2ccccc21. The van der Waals surface area contributed by atoms with E-state index in [-0.39, 0.29) is 6.17 Å². The van der Waals surface area contributed by atoms with Crippen LogP contribution in [0.1, 0.15) is 13.1 Å². The van der Waals surface area contributed by atoms with Crippen molar-refractivity contribution in [1.29, 1.82) is 0 Å². The molecule has 0 saturated heterocycles. The Morgan fingerprint density at radius 3 is 2.92 bits per heavy atom. The van der Waals surface area contributed by atoms with E-state index in [1.165, 1.54) is 0 Å². The molecule has 0 fully saturated rings. The topological polar surface area (TPSA) is 43.8 Å². The van der Waals surface area contributed by atoms with E-state index in [2.05, 4.69) is 4.98 Å². The number of nitrogens with zero attached hydrogens (tertiary/aromatic N) is 2. The summed E-state index contributed by atoms with van der Waals surface area (Å²) in [6.45, 7) is 1.94. The summed E-state index contributed by atoms with van der Waals surface area (Å²) in [4.78, 5) is 4.22. The molecule has 62 valence electrons. The van der Waals surface area contributed by atoms with Gasteiger partial charge in [0.05, 0.1) is 23.5 Å². The number of hydrogen-bond acceptors (Lipinski definition) is 2. The van der Waals surface area contributed by atoms with Gasteiger partial charge < -0.3 is 10.3 Å². The van der Waals surface area contributed by atoms with Gasteiger partial charge in [0.1, 0.15) is 0 Å². The number of imidazole rings is 1. The zero-order valence-corrected chi connectivity index (χ0v) is 6.94. The highest BCUT2D eigenvalue weighted by molar-refractivity contribution is 5.75. The number of hydrogen-bond donors (Lipinski definition) is 1. The average Bonchev–Trinajstić information content (AvgIpc) is 2.47. The molecule has 0 bridgehead atoms. The molecule has 1 unspecified atom stereocenters. The van der Waals surface area contributed by atoms with Gasteiger partial charge in [0.25, 0.3) is 0 Å². The van der Waals surface area contributed by atoms with Crippen molar-refractivity contribution in [2.24, 2.45) is 5.73 Å². The minimum Gasteiger partial charge on any atom is -0.315 e. The van der Waals surface area contributed by atoms with Crippen molar-refractivity contribution >= 4 is 11.0 Å². The van der Waals surface area contributed by atoms with E-state index in [0.29, 0.717) is 0 Å². The predicted octanol–water partition coefficient (Wildman–Crippen LogP) is 1.51. The van der Waals surface area contributed by atoms with Crippen molar-refractivity contribution in [3.05, 3.63) is 30.6 Å². The molecule has 3 nitrogen and oxygen atoms in total. The lowest BCUT2D eigenvalue weighted by Gasteiger charge is -2.06. The zero-order chi connectivity index (χ0) is 8.55. The minimum atomic E-state index is -0.0163. The quantitative estimate of drug-likeness (QED) is 0.689. The van der Waals surface area contributed by atoms with Gasteiger partial charge in [0.15, 0.2) is 0 Å². The molecule has 0 spiro atoms. The maximum atomic E-state index is 5.75. The molecule has 2 aromatic rings. The summed E-state index contributed by atoms with van der Waals surface area (Å²) in [5.41, 5.74) is 7.83. The Kier molecular flexibility index (Phi) is 1.59. The fraction of sp³-hybridized carbons (Fsp3) is 0.222. The summed E-state index contributed by atoms with van der Waals surface area (Å²) in [6, 6.07) is 7.96. The van der Waals surface area contributed by atoms with Crippen LogP contribution in [0.25, 0.3) is 11.0 Å². The monoisotopic (exact) mass is 161 g/mol. The summed E-state index contributed by atoms with van der Waals surface area (Å²) in [5, 5.41) is 0. The summed E-state index contributed by atoms with van der Waals surface area (Å²) in [6.07, 6.45) is 1.76. The molecule has 1 heterocycles. The number of aromatic nitrogens is 2. The van der Waals surface area contributed by atoms with Crippen LogP contribution >= 0.6 is 0 Å². The summed E-state index contributed by atoms with van der Waals surface area (Å²) in [7, 11) is 0. The van der Waals surface area contributed by atoms with Crippen LogP contribution in [0, 0.1) is 0 Å². The van der Waals surface area contributed by atoms with Crippen molar-refractivity contribution < 1.29 is 0 Å². The Hall–Kier alpha value is -1.35. The average molecular weight is 161 g/mol. The number of para-hydroxylation sites is 2. The van der Waals surface area contributed by atoms with Crippen LogP contribution in [0.5, 0.6) is 0 Å². The van der Waals surface area contributed by atoms with Gasteiger partial charge >= 0.3 is 0 Å². The van der Waals surface area contributed by atoms with Crippen LogP contribution < -0.4 is 5.73 Å². The molecule has 2 N–H and O–H groups in total. The van der Waals surface area contributed by atoms with Gasteiger partial charge in [-0.15, -0.1) is 0 Å². The molecular weight excluding hydrogens is 150 g/mol. The van der Waals surface area contributed by atoms with E-state index in [0.717, 1.165) is 11.0 Å². The van der Waals surface area contributed by atoms with Crippen LogP contribution in [0.4, 0.5) is 0 Å². The second-order valence-corrected chi connectivity index (χ2v) is 2.88. The molecule has 0 radical (unpaired) electrons. The van der Waals surface area contributed by atoms with E-state index in [1.807, 2.05) is 35.8 Å². The highest BCUT2D eigenvalue weighted by atomic mass is 15.1. The smallest absolute Gasteiger partial charge is 0.0971 e. The Labute approximate surface area is 70.8 Å². The zero-order valence-electron chi connectivity index (χ0n) is 6.94. The van der Waals surface area contributed by atoms with E-state index < -0.39 is 0 Å². The van der Waals surface area contributed by atoms with Crippen LogP contribution in [0.2, 0.25) is 0 Å². The van der Waals surface area contributed by atoms with Gasteiger partial charge in [0.2, 0.25) is 0 Å². The first-order chi connectivity index (χ1) is 5.79. The molecule has 1 aromatic heterocycles. The number of nitrogens with two attached hydrogens (primary N) is 1. The molecule has 12 heavy (non-hydrogen) atoms. The van der Waals surface area contributed by atoms with Gasteiger partial charge in [-0.25, -0.2) is 4.98 Å². The van der Waals surface area contributed by atoms with Crippen LogP contribution in [0.3, 0.4) is 0 Å². The first kappa shape index (κ1) is 7.31. The van der Waals surface area contributed by atoms with Gasteiger partial charge in [-0.3, -0.25) is 0 Å². The van der Waals surface area contributed by atoms with Crippen molar-refractivity contribution in [3.8, 4) is 0 Å². The van der Waals surface area contributed by atoms with E-state index >= 15 is 0 Å². The lowest BCUT2D eigenvalue weighted by Crippen LogP contribution is -2.12. The van der Waals surface area contributed by atoms with Crippen LogP contribution in [-0.2, 0) is 0 Å². The molecule has 1 atom stereocenters. The van der Waals surface area contributed by atoms with Gasteiger partial charge in [-0.2, -0.15) is 0 Å². The Bertz CT molecular complexity index is 389. The first-order valence-electron chi connectivity index (χ1n) is 3.96. The lowest BCUT2D eigenvalue weighted by atomic mass is 10.3. The molecule has 0 aliphatic carbocycles. The Morgan fingerprint density at radius 2 is 2.17 bits per heavy atom. The fourth-order valence-corrected chi connectivity index (χ4v) is 1.30. The second kappa shape index (κ2) is 2.60. The third kappa shape index (κ3) is 0.987. The molecule has 0 aliphatic rings. The van der Waals surface area contributed by atoms with Gasteiger partial charge in [-0.05, 0) is 19.1 Å². The highest BCUT2D eigenvalue weighted by Crippen LogP contribution is 2.13. The minimum absolute atomic E-state index is 0.0163. The molecule has 2 rings (SSSR count). The van der Waals surface area contributed by atoms with Gasteiger partial charge in [0, 0.05) is 0 Å². The number of benzene rings is 1. The van der Waals surface area contributed by atoms with Crippen molar-refractivity contribution in [2.45, 2.75) is 13.1 Å². The maximum Gasteiger partial charge on any atom is 0.0971 e. The third-order valence-corrected chi connectivity index (χ3v) is 1.92. The van der Waals surface area contributed by atoms with E-state index in [4.69, 9.17) is 5.73 Å². The summed E-state index contributed by atoms with van der Waals surface area (Å²) < 4.78 is 1.95. The van der Waals surface area contributed by atoms with Gasteiger partial charge in [-0.1, -0.05) is 12.1 Å². The van der Waals surface area contributed by atoms with E-state index in [1.54, 1.807) is 6.33 Å². The molecule has 0 amide bonds. The normalized spacial score (nSPS) is 13.5. The summed E-state index contributed by atoms with van der Waals surface area (Å²) >= 11 is 0. The van der Waals surface area contributed by atoms with E-state index in [9.17, 15) is 0 Å². The Balaban J connectivity index is 2.70. The number of rotatable bonds is 1.